The number of carbonyl (C=O) groups excluding carboxylic acids is 1. The number of rotatable bonds is 4. The highest BCUT2D eigenvalue weighted by atomic mass is 16.5. The van der Waals surface area contributed by atoms with Gasteiger partial charge in [0.05, 0.1) is 6.04 Å². The molecule has 14 heavy (non-hydrogen) atoms. The summed E-state index contributed by atoms with van der Waals surface area (Å²) in [6.45, 7) is 3.58. The molecule has 1 aliphatic heterocycles. The lowest BCUT2D eigenvalue weighted by Crippen LogP contribution is -2.48. The highest BCUT2D eigenvalue weighted by Crippen LogP contribution is 2.16. The van der Waals surface area contributed by atoms with Gasteiger partial charge in [0.1, 0.15) is 0 Å². The zero-order valence-corrected chi connectivity index (χ0v) is 9.03. The van der Waals surface area contributed by atoms with E-state index in [0.717, 1.165) is 32.5 Å². The third-order valence-electron chi connectivity index (χ3n) is 2.97. The molecule has 1 saturated heterocycles. The van der Waals surface area contributed by atoms with E-state index in [9.17, 15) is 4.79 Å². The van der Waals surface area contributed by atoms with Crippen LogP contribution in [0.4, 0.5) is 0 Å². The Balaban J connectivity index is 2.51. The van der Waals surface area contributed by atoms with Crippen LogP contribution in [0.2, 0.25) is 0 Å². The molecule has 1 amide bonds. The molecule has 1 unspecified atom stereocenters. The second-order valence-corrected chi connectivity index (χ2v) is 3.84. The molecule has 0 spiro atoms. The van der Waals surface area contributed by atoms with Crippen LogP contribution in [-0.2, 0) is 9.53 Å². The van der Waals surface area contributed by atoms with E-state index in [1.54, 1.807) is 0 Å². The summed E-state index contributed by atoms with van der Waals surface area (Å²) in [7, 11) is 1.98. The van der Waals surface area contributed by atoms with E-state index in [2.05, 4.69) is 4.90 Å². The van der Waals surface area contributed by atoms with Crippen molar-refractivity contribution in [2.24, 2.45) is 5.73 Å². The summed E-state index contributed by atoms with van der Waals surface area (Å²) in [6, 6.07) is 0.319. The van der Waals surface area contributed by atoms with Gasteiger partial charge in [-0.25, -0.2) is 0 Å². The molecule has 1 heterocycles. The van der Waals surface area contributed by atoms with Crippen molar-refractivity contribution in [1.82, 2.24) is 4.90 Å². The zero-order chi connectivity index (χ0) is 10.6. The quantitative estimate of drug-likeness (QED) is 0.713. The van der Waals surface area contributed by atoms with Gasteiger partial charge in [-0.1, -0.05) is 6.92 Å². The number of hydrogen-bond donors (Lipinski definition) is 1. The first-order chi connectivity index (χ1) is 6.66. The summed E-state index contributed by atoms with van der Waals surface area (Å²) in [4.78, 5) is 13.3. The van der Waals surface area contributed by atoms with Gasteiger partial charge in [-0.05, 0) is 26.3 Å². The standard InChI is InChI=1S/C10H20N2O2/c1-3-9(10(11)13)12(2)8-4-6-14-7-5-8/h8-9H,3-7H2,1-2H3,(H2,11,13). The minimum absolute atomic E-state index is 0.127. The molecule has 0 radical (unpaired) electrons. The molecule has 1 fully saturated rings. The van der Waals surface area contributed by atoms with Crippen LogP contribution in [-0.4, -0.2) is 43.2 Å². The minimum atomic E-state index is -0.221. The monoisotopic (exact) mass is 200 g/mol. The van der Waals surface area contributed by atoms with Gasteiger partial charge in [0.15, 0.2) is 0 Å². The highest BCUT2D eigenvalue weighted by Gasteiger charge is 2.26. The minimum Gasteiger partial charge on any atom is -0.381 e. The second kappa shape index (κ2) is 5.32. The summed E-state index contributed by atoms with van der Waals surface area (Å²) in [5, 5.41) is 0. The van der Waals surface area contributed by atoms with Crippen molar-refractivity contribution in [3.05, 3.63) is 0 Å². The summed E-state index contributed by atoms with van der Waals surface area (Å²) in [5.41, 5.74) is 5.34. The largest absolute Gasteiger partial charge is 0.381 e. The third-order valence-corrected chi connectivity index (χ3v) is 2.97. The van der Waals surface area contributed by atoms with Gasteiger partial charge < -0.3 is 10.5 Å². The lowest BCUT2D eigenvalue weighted by Gasteiger charge is -2.35. The molecule has 82 valence electrons. The lowest BCUT2D eigenvalue weighted by atomic mass is 10.0. The van der Waals surface area contributed by atoms with Crippen LogP contribution in [0.3, 0.4) is 0 Å². The van der Waals surface area contributed by atoms with Crippen molar-refractivity contribution < 1.29 is 9.53 Å². The van der Waals surface area contributed by atoms with E-state index < -0.39 is 0 Å². The van der Waals surface area contributed by atoms with Crippen LogP contribution in [0.1, 0.15) is 26.2 Å². The molecule has 1 atom stereocenters. The molecule has 1 rings (SSSR count). The molecule has 0 saturated carbocycles. The topological polar surface area (TPSA) is 55.6 Å². The van der Waals surface area contributed by atoms with Crippen molar-refractivity contribution in [3.63, 3.8) is 0 Å². The van der Waals surface area contributed by atoms with Crippen LogP contribution in [0.25, 0.3) is 0 Å². The molecule has 4 heteroatoms. The number of nitrogens with zero attached hydrogens (tertiary/aromatic N) is 1. The van der Waals surface area contributed by atoms with Gasteiger partial charge in [-0.15, -0.1) is 0 Å². The average Bonchev–Trinajstić information content (AvgIpc) is 2.19. The predicted molar refractivity (Wildman–Crippen MR) is 54.9 cm³/mol. The van der Waals surface area contributed by atoms with Gasteiger partial charge in [0, 0.05) is 19.3 Å². The van der Waals surface area contributed by atoms with Crippen LogP contribution in [0.5, 0.6) is 0 Å². The third kappa shape index (κ3) is 2.69. The van der Waals surface area contributed by atoms with E-state index >= 15 is 0 Å². The first kappa shape index (κ1) is 11.5. The Morgan fingerprint density at radius 1 is 1.57 bits per heavy atom. The van der Waals surface area contributed by atoms with Gasteiger partial charge in [-0.3, -0.25) is 9.69 Å². The summed E-state index contributed by atoms with van der Waals surface area (Å²) in [5.74, 6) is -0.221. The summed E-state index contributed by atoms with van der Waals surface area (Å²) in [6.07, 6.45) is 2.78. The SMILES string of the molecule is CCC(C(N)=O)N(C)C1CCOCC1. The van der Waals surface area contributed by atoms with E-state index in [0.29, 0.717) is 6.04 Å². The molecular weight excluding hydrogens is 180 g/mol. The van der Waals surface area contributed by atoms with Crippen LogP contribution in [0, 0.1) is 0 Å². The number of amides is 1. The van der Waals surface area contributed by atoms with Gasteiger partial charge in [0.2, 0.25) is 5.91 Å². The zero-order valence-electron chi connectivity index (χ0n) is 9.03. The fourth-order valence-electron chi connectivity index (χ4n) is 2.04. The van der Waals surface area contributed by atoms with Gasteiger partial charge in [-0.2, -0.15) is 0 Å². The molecule has 4 nitrogen and oxygen atoms in total. The van der Waals surface area contributed by atoms with E-state index in [4.69, 9.17) is 10.5 Å². The normalized spacial score (nSPS) is 21.1. The van der Waals surface area contributed by atoms with Crippen LogP contribution < -0.4 is 5.73 Å². The maximum atomic E-state index is 11.2. The Kier molecular flexibility index (Phi) is 4.35. The fraction of sp³-hybridized carbons (Fsp3) is 0.900. The van der Waals surface area contributed by atoms with Crippen molar-refractivity contribution in [2.75, 3.05) is 20.3 Å². The van der Waals surface area contributed by atoms with Crippen LogP contribution >= 0.6 is 0 Å². The first-order valence-corrected chi connectivity index (χ1v) is 5.25. The molecule has 0 aromatic heterocycles. The molecule has 1 aliphatic rings. The lowest BCUT2D eigenvalue weighted by molar-refractivity contribution is -0.124. The molecule has 2 N–H and O–H groups in total. The fourth-order valence-corrected chi connectivity index (χ4v) is 2.04. The van der Waals surface area contributed by atoms with E-state index in [1.165, 1.54) is 0 Å². The maximum Gasteiger partial charge on any atom is 0.234 e. The second-order valence-electron chi connectivity index (χ2n) is 3.84. The summed E-state index contributed by atoms with van der Waals surface area (Å²) < 4.78 is 5.28. The van der Waals surface area contributed by atoms with Crippen molar-refractivity contribution in [2.45, 2.75) is 38.3 Å². The van der Waals surface area contributed by atoms with Crippen molar-refractivity contribution in [1.29, 1.82) is 0 Å². The molecule has 0 bridgehead atoms. The smallest absolute Gasteiger partial charge is 0.234 e. The Bertz CT molecular complexity index is 191. The number of carbonyl (C=O) groups is 1. The highest BCUT2D eigenvalue weighted by molar-refractivity contribution is 5.79. The van der Waals surface area contributed by atoms with E-state index in [1.807, 2.05) is 14.0 Å². The summed E-state index contributed by atoms with van der Waals surface area (Å²) >= 11 is 0. The average molecular weight is 200 g/mol. The Labute approximate surface area is 85.4 Å². The first-order valence-electron chi connectivity index (χ1n) is 5.25. The van der Waals surface area contributed by atoms with Gasteiger partial charge in [0.25, 0.3) is 0 Å². The number of hydrogen-bond acceptors (Lipinski definition) is 3. The maximum absolute atomic E-state index is 11.2. The number of likely N-dealkylation sites (N-methyl/N-ethyl adjacent to an activating group) is 1. The molecular formula is C10H20N2O2. The molecule has 0 aromatic carbocycles. The number of nitrogens with two attached hydrogens (primary N) is 1. The van der Waals surface area contributed by atoms with Gasteiger partial charge >= 0.3 is 0 Å². The van der Waals surface area contributed by atoms with Crippen molar-refractivity contribution >= 4 is 5.91 Å². The Morgan fingerprint density at radius 2 is 2.14 bits per heavy atom. The molecule has 0 aromatic rings. The number of primary amides is 1. The Morgan fingerprint density at radius 3 is 2.57 bits per heavy atom. The van der Waals surface area contributed by atoms with Crippen LogP contribution in [0.15, 0.2) is 0 Å². The number of ether oxygens (including phenoxy) is 1. The Hall–Kier alpha value is -0.610. The van der Waals surface area contributed by atoms with E-state index in [-0.39, 0.29) is 11.9 Å². The predicted octanol–water partition coefficient (Wildman–Crippen LogP) is 0.361. The van der Waals surface area contributed by atoms with Crippen molar-refractivity contribution in [3.8, 4) is 0 Å². The molecule has 0 aliphatic carbocycles.